The van der Waals surface area contributed by atoms with Crippen molar-refractivity contribution in [2.45, 2.75) is 83.5 Å². The van der Waals surface area contributed by atoms with E-state index in [4.69, 9.17) is 9.47 Å². The lowest BCUT2D eigenvalue weighted by atomic mass is 9.84. The smallest absolute Gasteiger partial charge is 0.220 e. The first-order valence-corrected chi connectivity index (χ1v) is 10.8. The molecule has 0 aromatic rings. The number of unbranched alkanes of at least 4 members (excludes halogenated alkanes) is 2. The number of nitrogens with one attached hydrogen (secondary N) is 1. The lowest BCUT2D eigenvalue weighted by Gasteiger charge is -2.27. The van der Waals surface area contributed by atoms with Crippen molar-refractivity contribution in [2.75, 3.05) is 20.8 Å². The summed E-state index contributed by atoms with van der Waals surface area (Å²) < 4.78 is 10.9. The molecule has 6 nitrogen and oxygen atoms in total. The molecular weight excluding hydrogens is 370 g/mol. The van der Waals surface area contributed by atoms with Crippen LogP contribution in [0.3, 0.4) is 0 Å². The van der Waals surface area contributed by atoms with E-state index in [0.717, 1.165) is 12.8 Å². The molecule has 6 heteroatoms. The van der Waals surface area contributed by atoms with Crippen LogP contribution in [0.1, 0.15) is 65.2 Å². The Morgan fingerprint density at radius 2 is 2.07 bits per heavy atom. The van der Waals surface area contributed by atoms with Crippen molar-refractivity contribution in [3.8, 4) is 0 Å². The predicted molar refractivity (Wildman–Crippen MR) is 115 cm³/mol. The Kier molecular flexibility index (Phi) is 12.7. The molecule has 0 heterocycles. The fourth-order valence-corrected chi connectivity index (χ4v) is 3.43. The zero-order valence-corrected chi connectivity index (χ0v) is 18.5. The second-order valence-electron chi connectivity index (χ2n) is 7.74. The molecule has 0 radical (unpaired) electrons. The molecule has 2 N–H and O–H groups in total. The van der Waals surface area contributed by atoms with E-state index in [2.05, 4.69) is 18.3 Å². The summed E-state index contributed by atoms with van der Waals surface area (Å²) in [6, 6.07) is 0. The van der Waals surface area contributed by atoms with Crippen molar-refractivity contribution in [1.29, 1.82) is 0 Å². The Morgan fingerprint density at radius 3 is 2.72 bits per heavy atom. The minimum absolute atomic E-state index is 0.0696. The molecule has 1 rings (SSSR count). The van der Waals surface area contributed by atoms with Crippen LogP contribution < -0.4 is 5.32 Å². The number of carbonyl (C=O) groups is 2. The van der Waals surface area contributed by atoms with Crippen LogP contribution in [0.5, 0.6) is 0 Å². The third-order valence-corrected chi connectivity index (χ3v) is 5.54. The van der Waals surface area contributed by atoms with Crippen LogP contribution in [0, 0.1) is 5.92 Å². The summed E-state index contributed by atoms with van der Waals surface area (Å²) in [6.45, 7) is 4.16. The van der Waals surface area contributed by atoms with Gasteiger partial charge in [-0.05, 0) is 25.7 Å². The number of carbonyl (C=O) groups excluding carboxylic acids is 2. The van der Waals surface area contributed by atoms with E-state index in [1.165, 1.54) is 26.4 Å². The summed E-state index contributed by atoms with van der Waals surface area (Å²) in [6.07, 6.45) is 12.0. The Balaban J connectivity index is 2.32. The van der Waals surface area contributed by atoms with Gasteiger partial charge in [-0.3, -0.25) is 9.59 Å². The summed E-state index contributed by atoms with van der Waals surface area (Å²) in [7, 11) is 3.27. The van der Waals surface area contributed by atoms with Gasteiger partial charge in [-0.2, -0.15) is 0 Å². The van der Waals surface area contributed by atoms with Gasteiger partial charge < -0.3 is 19.9 Å². The van der Waals surface area contributed by atoms with Gasteiger partial charge in [0.2, 0.25) is 5.91 Å². The molecule has 29 heavy (non-hydrogen) atoms. The fraction of sp³-hybridized carbons (Fsp3) is 0.739. The van der Waals surface area contributed by atoms with Crippen LogP contribution in [0.4, 0.5) is 0 Å². The molecule has 4 atom stereocenters. The highest BCUT2D eigenvalue weighted by Crippen LogP contribution is 2.24. The monoisotopic (exact) mass is 409 g/mol. The minimum Gasteiger partial charge on any atom is -0.392 e. The van der Waals surface area contributed by atoms with Crippen molar-refractivity contribution in [3.63, 3.8) is 0 Å². The topological polar surface area (TPSA) is 84.9 Å². The van der Waals surface area contributed by atoms with E-state index in [0.29, 0.717) is 24.8 Å². The first-order valence-electron chi connectivity index (χ1n) is 10.8. The molecule has 0 bridgehead atoms. The minimum atomic E-state index is -0.644. The molecule has 0 spiro atoms. The van der Waals surface area contributed by atoms with Crippen LogP contribution >= 0.6 is 0 Å². The van der Waals surface area contributed by atoms with Crippen molar-refractivity contribution in [1.82, 2.24) is 5.32 Å². The molecule has 0 aliphatic heterocycles. The molecule has 0 fully saturated rings. The number of allylic oxidation sites excluding steroid dienone is 1. The lowest BCUT2D eigenvalue weighted by molar-refractivity contribution is -0.125. The second kappa shape index (κ2) is 14.5. The highest BCUT2D eigenvalue weighted by molar-refractivity contribution is 5.99. The number of rotatable bonds is 14. The van der Waals surface area contributed by atoms with Crippen molar-refractivity contribution in [2.24, 2.45) is 5.92 Å². The summed E-state index contributed by atoms with van der Waals surface area (Å²) in [5.41, 5.74) is 0.541. The number of hydrogen-bond donors (Lipinski definition) is 2. The molecule has 1 amide bonds. The molecule has 0 aromatic heterocycles. The maximum absolute atomic E-state index is 12.3. The highest BCUT2D eigenvalue weighted by atomic mass is 16.5. The van der Waals surface area contributed by atoms with E-state index in [9.17, 15) is 14.7 Å². The zero-order chi connectivity index (χ0) is 21.6. The quantitative estimate of drug-likeness (QED) is 0.340. The van der Waals surface area contributed by atoms with Crippen molar-refractivity contribution >= 4 is 11.7 Å². The number of hydrogen-bond acceptors (Lipinski definition) is 5. The fourth-order valence-electron chi connectivity index (χ4n) is 3.43. The number of aliphatic hydroxyl groups excluding tert-OH is 1. The first-order chi connectivity index (χ1) is 13.9. The molecule has 0 saturated carbocycles. The van der Waals surface area contributed by atoms with Gasteiger partial charge in [0.05, 0.1) is 12.2 Å². The summed E-state index contributed by atoms with van der Waals surface area (Å²) >= 11 is 0. The molecule has 166 valence electrons. The number of ketones is 1. The SMILES string of the molecule is CCCCCC(CC=CCCC(=O)NCC(OC)C1=CCC(O)C(C)C1=O)OC. The molecular formula is C23H39NO5. The summed E-state index contributed by atoms with van der Waals surface area (Å²) in [5, 5.41) is 12.6. The van der Waals surface area contributed by atoms with Crippen molar-refractivity contribution < 1.29 is 24.2 Å². The maximum atomic E-state index is 12.3. The second-order valence-corrected chi connectivity index (χ2v) is 7.74. The molecule has 4 unspecified atom stereocenters. The van der Waals surface area contributed by atoms with Gasteiger partial charge in [0.25, 0.3) is 0 Å². The molecule has 1 aliphatic carbocycles. The van der Waals surface area contributed by atoms with Gasteiger partial charge >= 0.3 is 0 Å². The Hall–Kier alpha value is -1.50. The average molecular weight is 410 g/mol. The van der Waals surface area contributed by atoms with Gasteiger partial charge in [-0.25, -0.2) is 0 Å². The highest BCUT2D eigenvalue weighted by Gasteiger charge is 2.32. The number of ether oxygens (including phenoxy) is 2. The van der Waals surface area contributed by atoms with Gasteiger partial charge in [0.15, 0.2) is 5.78 Å². The lowest BCUT2D eigenvalue weighted by Crippen LogP contribution is -2.40. The summed E-state index contributed by atoms with van der Waals surface area (Å²) in [4.78, 5) is 24.4. The van der Waals surface area contributed by atoms with E-state index in [1.54, 1.807) is 20.1 Å². The first kappa shape index (κ1) is 25.5. The number of aliphatic hydroxyl groups is 1. The van der Waals surface area contributed by atoms with Crippen LogP contribution in [0.2, 0.25) is 0 Å². The maximum Gasteiger partial charge on any atom is 0.220 e. The van der Waals surface area contributed by atoms with Crippen molar-refractivity contribution in [3.05, 3.63) is 23.8 Å². The molecule has 0 aromatic carbocycles. The largest absolute Gasteiger partial charge is 0.392 e. The molecule has 1 aliphatic rings. The predicted octanol–water partition coefficient (Wildman–Crippen LogP) is 3.34. The van der Waals surface area contributed by atoms with Gasteiger partial charge in [0, 0.05) is 38.7 Å². The Bertz CT molecular complexity index is 557. The standard InChI is InChI=1S/C23H39NO5/c1-5-6-8-11-18(28-3)12-9-7-10-13-22(26)24-16-21(29-4)19-14-15-20(25)17(2)23(19)27/h7,9,14,17-18,20-21,25H,5-6,8,10-13,15-16H2,1-4H3,(H,24,26). The van der Waals surface area contributed by atoms with Crippen LogP contribution in [0.15, 0.2) is 23.8 Å². The Labute approximate surface area is 175 Å². The third-order valence-electron chi connectivity index (χ3n) is 5.54. The van der Waals surface area contributed by atoms with E-state index >= 15 is 0 Å². The molecule has 0 saturated heterocycles. The number of Topliss-reactive ketones (excluding diaryl/α,β-unsaturated/α-hetero) is 1. The normalized spacial score (nSPS) is 21.8. The van der Waals surface area contributed by atoms with Crippen LogP contribution in [0.25, 0.3) is 0 Å². The van der Waals surface area contributed by atoms with E-state index < -0.39 is 18.1 Å². The van der Waals surface area contributed by atoms with E-state index in [-0.39, 0.29) is 24.3 Å². The van der Waals surface area contributed by atoms with Gasteiger partial charge in [-0.15, -0.1) is 0 Å². The van der Waals surface area contributed by atoms with Gasteiger partial charge in [0.1, 0.15) is 6.10 Å². The number of methoxy groups -OCH3 is 2. The van der Waals surface area contributed by atoms with Crippen LogP contribution in [-0.4, -0.2) is 55.9 Å². The van der Waals surface area contributed by atoms with Crippen LogP contribution in [-0.2, 0) is 19.1 Å². The third kappa shape index (κ3) is 9.24. The van der Waals surface area contributed by atoms with E-state index in [1.807, 2.05) is 6.08 Å². The summed E-state index contributed by atoms with van der Waals surface area (Å²) in [5.74, 6) is -0.620. The average Bonchev–Trinajstić information content (AvgIpc) is 2.72. The Morgan fingerprint density at radius 1 is 1.31 bits per heavy atom. The van der Waals surface area contributed by atoms with Gasteiger partial charge in [-0.1, -0.05) is 51.3 Å². The number of amides is 1. The zero-order valence-electron chi connectivity index (χ0n) is 18.5.